The van der Waals surface area contributed by atoms with Crippen molar-refractivity contribution in [2.45, 2.75) is 32.6 Å². The van der Waals surface area contributed by atoms with E-state index in [1.807, 2.05) is 24.3 Å². The van der Waals surface area contributed by atoms with Crippen LogP contribution in [-0.2, 0) is 0 Å². The average Bonchev–Trinajstić information content (AvgIpc) is 2.68. The molecule has 0 saturated carbocycles. The first-order valence-electron chi connectivity index (χ1n) is 8.93. The Hall–Kier alpha value is -2.81. The van der Waals surface area contributed by atoms with Crippen molar-refractivity contribution in [1.29, 1.82) is 5.26 Å². The summed E-state index contributed by atoms with van der Waals surface area (Å²) in [6.45, 7) is 5.09. The van der Waals surface area contributed by atoms with E-state index in [1.165, 1.54) is 19.3 Å². The first-order chi connectivity index (χ1) is 12.3. The maximum Gasteiger partial charge on any atom is 0.183 e. The normalized spacial score (nSPS) is 14.0. The van der Waals surface area contributed by atoms with E-state index in [9.17, 15) is 5.26 Å². The molecule has 6 nitrogen and oxygen atoms in total. The molecule has 0 aliphatic carbocycles. The van der Waals surface area contributed by atoms with Crippen LogP contribution in [0.25, 0.3) is 0 Å². The Balaban J connectivity index is 1.77. The minimum absolute atomic E-state index is 0.314. The van der Waals surface area contributed by atoms with Gasteiger partial charge in [0.15, 0.2) is 11.5 Å². The highest BCUT2D eigenvalue weighted by Crippen LogP contribution is 2.23. The molecule has 130 valence electrons. The number of rotatable bonds is 6. The molecule has 25 heavy (non-hydrogen) atoms. The Kier molecular flexibility index (Phi) is 5.68. The van der Waals surface area contributed by atoms with E-state index >= 15 is 0 Å². The number of piperidine rings is 1. The highest BCUT2D eigenvalue weighted by molar-refractivity contribution is 5.64. The summed E-state index contributed by atoms with van der Waals surface area (Å²) in [7, 11) is 0. The molecule has 2 heterocycles. The fraction of sp³-hybridized carbons (Fsp3) is 0.421. The van der Waals surface area contributed by atoms with Crippen LogP contribution < -0.4 is 15.5 Å². The van der Waals surface area contributed by atoms with E-state index in [-0.39, 0.29) is 0 Å². The van der Waals surface area contributed by atoms with Crippen molar-refractivity contribution < 1.29 is 0 Å². The predicted octanol–water partition coefficient (Wildman–Crippen LogP) is 3.90. The van der Waals surface area contributed by atoms with Crippen LogP contribution in [0.15, 0.2) is 30.5 Å². The third-order valence-electron chi connectivity index (χ3n) is 4.27. The molecule has 0 bridgehead atoms. The molecule has 0 unspecified atom stereocenters. The van der Waals surface area contributed by atoms with Crippen molar-refractivity contribution in [3.63, 3.8) is 0 Å². The highest BCUT2D eigenvalue weighted by Gasteiger charge is 2.15. The van der Waals surface area contributed by atoms with Crippen LogP contribution in [0.4, 0.5) is 23.0 Å². The van der Waals surface area contributed by atoms with Crippen molar-refractivity contribution in [3.8, 4) is 6.07 Å². The summed E-state index contributed by atoms with van der Waals surface area (Å²) in [6, 6.07) is 10.1. The van der Waals surface area contributed by atoms with Crippen LogP contribution in [-0.4, -0.2) is 29.6 Å². The molecule has 1 saturated heterocycles. The van der Waals surface area contributed by atoms with Gasteiger partial charge in [-0.3, -0.25) is 0 Å². The molecule has 2 aromatic rings. The lowest BCUT2D eigenvalue weighted by Crippen LogP contribution is -2.30. The summed E-state index contributed by atoms with van der Waals surface area (Å²) in [6.07, 6.45) is 6.41. The van der Waals surface area contributed by atoms with Gasteiger partial charge in [-0.25, -0.2) is 9.97 Å². The van der Waals surface area contributed by atoms with Crippen LogP contribution in [0, 0.1) is 11.3 Å². The molecule has 0 amide bonds. The number of benzene rings is 1. The molecule has 0 spiro atoms. The van der Waals surface area contributed by atoms with Gasteiger partial charge >= 0.3 is 0 Å². The quantitative estimate of drug-likeness (QED) is 0.833. The van der Waals surface area contributed by atoms with Gasteiger partial charge in [0.25, 0.3) is 0 Å². The molecule has 1 aromatic carbocycles. The lowest BCUT2D eigenvalue weighted by Gasteiger charge is -2.27. The van der Waals surface area contributed by atoms with Crippen molar-refractivity contribution >= 4 is 23.0 Å². The monoisotopic (exact) mass is 336 g/mol. The maximum atomic E-state index is 9.32. The van der Waals surface area contributed by atoms with Crippen molar-refractivity contribution in [2.75, 3.05) is 35.2 Å². The zero-order valence-electron chi connectivity index (χ0n) is 14.6. The molecule has 0 atom stereocenters. The number of nitrogens with zero attached hydrogens (tertiary/aromatic N) is 4. The zero-order chi connectivity index (χ0) is 17.5. The van der Waals surface area contributed by atoms with Gasteiger partial charge in [0.05, 0.1) is 6.20 Å². The second-order valence-corrected chi connectivity index (χ2v) is 6.21. The van der Waals surface area contributed by atoms with Gasteiger partial charge in [0.2, 0.25) is 0 Å². The van der Waals surface area contributed by atoms with Crippen LogP contribution in [0.3, 0.4) is 0 Å². The van der Waals surface area contributed by atoms with E-state index in [1.54, 1.807) is 6.20 Å². The maximum absolute atomic E-state index is 9.32. The first kappa shape index (κ1) is 17.0. The van der Waals surface area contributed by atoms with E-state index in [2.05, 4.69) is 38.5 Å². The van der Waals surface area contributed by atoms with Crippen molar-refractivity contribution in [3.05, 3.63) is 36.2 Å². The molecule has 1 aromatic heterocycles. The minimum atomic E-state index is 0.314. The number of anilines is 4. The summed E-state index contributed by atoms with van der Waals surface area (Å²) < 4.78 is 0. The fourth-order valence-electron chi connectivity index (χ4n) is 2.90. The Bertz CT molecular complexity index is 729. The molecular weight excluding hydrogens is 312 g/mol. The van der Waals surface area contributed by atoms with Gasteiger partial charge in [-0.05, 0) is 49.9 Å². The molecular formula is C19H24N6. The van der Waals surface area contributed by atoms with Crippen molar-refractivity contribution in [1.82, 2.24) is 9.97 Å². The van der Waals surface area contributed by atoms with Gasteiger partial charge in [-0.1, -0.05) is 6.92 Å². The van der Waals surface area contributed by atoms with Crippen LogP contribution >= 0.6 is 0 Å². The Morgan fingerprint density at radius 2 is 1.84 bits per heavy atom. The smallest absolute Gasteiger partial charge is 0.183 e. The number of nitriles is 1. The van der Waals surface area contributed by atoms with Gasteiger partial charge in [-0.15, -0.1) is 0 Å². The Labute approximate surface area is 148 Å². The van der Waals surface area contributed by atoms with Gasteiger partial charge < -0.3 is 15.5 Å². The van der Waals surface area contributed by atoms with Gasteiger partial charge in [-0.2, -0.15) is 5.26 Å². The van der Waals surface area contributed by atoms with Gasteiger partial charge in [0.1, 0.15) is 11.9 Å². The van der Waals surface area contributed by atoms with E-state index in [4.69, 9.17) is 0 Å². The number of hydrogen-bond donors (Lipinski definition) is 2. The van der Waals surface area contributed by atoms with Crippen LogP contribution in [0.5, 0.6) is 0 Å². The predicted molar refractivity (Wildman–Crippen MR) is 101 cm³/mol. The number of aromatic nitrogens is 2. The molecule has 1 aliphatic rings. The van der Waals surface area contributed by atoms with Crippen LogP contribution in [0.2, 0.25) is 0 Å². The average molecular weight is 336 g/mol. The summed E-state index contributed by atoms with van der Waals surface area (Å²) in [5.41, 5.74) is 2.29. The topological polar surface area (TPSA) is 76.9 Å². The second kappa shape index (κ2) is 8.34. The minimum Gasteiger partial charge on any atom is -0.385 e. The third-order valence-corrected chi connectivity index (χ3v) is 4.27. The molecule has 1 aliphatic heterocycles. The van der Waals surface area contributed by atoms with E-state index < -0.39 is 0 Å². The first-order valence-corrected chi connectivity index (χ1v) is 8.93. The second-order valence-electron chi connectivity index (χ2n) is 6.21. The van der Waals surface area contributed by atoms with E-state index in [0.717, 1.165) is 43.2 Å². The number of nitrogens with one attached hydrogen (secondary N) is 2. The van der Waals surface area contributed by atoms with Crippen LogP contribution in [0.1, 0.15) is 38.3 Å². The van der Waals surface area contributed by atoms with Gasteiger partial charge in [0, 0.05) is 31.0 Å². The lowest BCUT2D eigenvalue weighted by atomic mass is 10.1. The summed E-state index contributed by atoms with van der Waals surface area (Å²) in [5.74, 6) is 1.35. The zero-order valence-corrected chi connectivity index (χ0v) is 14.6. The summed E-state index contributed by atoms with van der Waals surface area (Å²) >= 11 is 0. The molecule has 1 fully saturated rings. The lowest BCUT2D eigenvalue weighted by molar-refractivity contribution is 0.573. The fourth-order valence-corrected chi connectivity index (χ4v) is 2.90. The largest absolute Gasteiger partial charge is 0.385 e. The summed E-state index contributed by atoms with van der Waals surface area (Å²) in [5, 5.41) is 15.9. The third kappa shape index (κ3) is 4.38. The van der Waals surface area contributed by atoms with Crippen molar-refractivity contribution in [2.24, 2.45) is 0 Å². The summed E-state index contributed by atoms with van der Waals surface area (Å²) in [4.78, 5) is 11.2. The van der Waals surface area contributed by atoms with E-state index in [0.29, 0.717) is 11.5 Å². The Morgan fingerprint density at radius 3 is 2.52 bits per heavy atom. The number of hydrogen-bond acceptors (Lipinski definition) is 6. The Morgan fingerprint density at radius 1 is 1.12 bits per heavy atom. The standard InChI is InChI=1S/C19H24N6/c1-2-10-21-15-6-8-16(9-7-15)23-19-17(13-20)22-14-18(24-19)25-11-4-3-5-12-25/h6-9,14,21H,2-5,10-12H2,1H3,(H,23,24). The molecule has 6 heteroatoms. The molecule has 2 N–H and O–H groups in total. The molecule has 3 rings (SSSR count). The SMILES string of the molecule is CCCNc1ccc(Nc2nc(N3CCCCC3)cnc2C#N)cc1. The highest BCUT2D eigenvalue weighted by atomic mass is 15.2. The molecule has 0 radical (unpaired) electrons.